The predicted molar refractivity (Wildman–Crippen MR) is 52.1 cm³/mol. The van der Waals surface area contributed by atoms with Crippen LogP contribution < -0.4 is 5.73 Å². The zero-order chi connectivity index (χ0) is 10.1. The van der Waals surface area contributed by atoms with Gasteiger partial charge >= 0.3 is 0 Å². The molecule has 2 N–H and O–H groups in total. The topological polar surface area (TPSA) is 69.1 Å². The molecule has 4 nitrogen and oxygen atoms in total. The molecule has 0 bridgehead atoms. The summed E-state index contributed by atoms with van der Waals surface area (Å²) < 4.78 is 5.26. The molecular weight excluding hydrogens is 204 g/mol. The van der Waals surface area contributed by atoms with Crippen LogP contribution in [0.2, 0.25) is 0 Å². The number of carbonyl (C=O) groups excluding carboxylic acids is 1. The molecule has 0 atom stereocenters. The Balaban J connectivity index is 2.73. The second kappa shape index (κ2) is 3.40. The van der Waals surface area contributed by atoms with E-state index in [1.54, 1.807) is 18.2 Å². The highest BCUT2D eigenvalue weighted by Crippen LogP contribution is 2.20. The number of hydrogen-bond acceptors (Lipinski definition) is 4. The average molecular weight is 211 g/mol. The van der Waals surface area contributed by atoms with E-state index in [0.717, 1.165) is 0 Å². The lowest BCUT2D eigenvalue weighted by Gasteiger charge is -1.91. The van der Waals surface area contributed by atoms with Gasteiger partial charge in [-0.05, 0) is 23.7 Å². The van der Waals surface area contributed by atoms with Crippen molar-refractivity contribution in [1.29, 1.82) is 0 Å². The Labute approximate surface area is 84.7 Å². The molecule has 0 spiro atoms. The van der Waals surface area contributed by atoms with Gasteiger partial charge in [0.2, 0.25) is 5.89 Å². The van der Waals surface area contributed by atoms with Crippen LogP contribution in [0, 0.1) is 0 Å². The van der Waals surface area contributed by atoms with Gasteiger partial charge in [0.15, 0.2) is 5.58 Å². The van der Waals surface area contributed by atoms with Gasteiger partial charge in [0.1, 0.15) is 5.52 Å². The van der Waals surface area contributed by atoms with E-state index in [1.165, 1.54) is 0 Å². The number of halogens is 1. The third-order valence-electron chi connectivity index (χ3n) is 1.85. The Hall–Kier alpha value is -1.39. The molecule has 14 heavy (non-hydrogen) atoms. The number of fused-ring (bicyclic) bond motifs is 1. The highest BCUT2D eigenvalue weighted by molar-refractivity contribution is 6.68. The highest BCUT2D eigenvalue weighted by atomic mass is 35.5. The first-order valence-electron chi connectivity index (χ1n) is 4.00. The lowest BCUT2D eigenvalue weighted by atomic mass is 10.2. The summed E-state index contributed by atoms with van der Waals surface area (Å²) in [5, 5.41) is -0.549. The Morgan fingerprint density at radius 3 is 3.00 bits per heavy atom. The average Bonchev–Trinajstić information content (AvgIpc) is 2.59. The van der Waals surface area contributed by atoms with Crippen LogP contribution in [0.3, 0.4) is 0 Å². The monoisotopic (exact) mass is 210 g/mol. The molecule has 0 saturated heterocycles. The van der Waals surface area contributed by atoms with Crippen molar-refractivity contribution in [3.05, 3.63) is 29.7 Å². The van der Waals surface area contributed by atoms with Gasteiger partial charge in [-0.1, -0.05) is 6.07 Å². The van der Waals surface area contributed by atoms with E-state index in [-0.39, 0.29) is 6.54 Å². The molecule has 0 fully saturated rings. The summed E-state index contributed by atoms with van der Waals surface area (Å²) in [6.07, 6.45) is 0. The number of benzene rings is 1. The molecule has 2 aromatic rings. The second-order valence-corrected chi connectivity index (χ2v) is 3.08. The Morgan fingerprint density at radius 2 is 2.36 bits per heavy atom. The van der Waals surface area contributed by atoms with Crippen molar-refractivity contribution in [2.75, 3.05) is 0 Å². The summed E-state index contributed by atoms with van der Waals surface area (Å²) in [4.78, 5) is 15.1. The molecular formula is C9H7ClN2O2. The first-order chi connectivity index (χ1) is 6.72. The Morgan fingerprint density at radius 1 is 1.57 bits per heavy atom. The predicted octanol–water partition coefficient (Wildman–Crippen LogP) is 1.67. The van der Waals surface area contributed by atoms with Gasteiger partial charge in [-0.2, -0.15) is 0 Å². The van der Waals surface area contributed by atoms with Gasteiger partial charge in [0, 0.05) is 0 Å². The maximum absolute atomic E-state index is 11.0. The Bertz CT molecular complexity index is 493. The van der Waals surface area contributed by atoms with Crippen molar-refractivity contribution in [1.82, 2.24) is 4.98 Å². The molecule has 0 amide bonds. The summed E-state index contributed by atoms with van der Waals surface area (Å²) in [7, 11) is 0. The van der Waals surface area contributed by atoms with Crippen LogP contribution in [-0.4, -0.2) is 10.2 Å². The SMILES string of the molecule is NCc1nc2c(C(=O)Cl)cccc2o1. The minimum absolute atomic E-state index is 0.199. The van der Waals surface area contributed by atoms with Gasteiger partial charge in [0.05, 0.1) is 12.1 Å². The van der Waals surface area contributed by atoms with E-state index in [0.29, 0.717) is 22.6 Å². The number of para-hydroxylation sites is 1. The summed E-state index contributed by atoms with van der Waals surface area (Å²) in [5.74, 6) is 0.394. The van der Waals surface area contributed by atoms with Crippen molar-refractivity contribution >= 4 is 27.9 Å². The van der Waals surface area contributed by atoms with Crippen molar-refractivity contribution in [2.45, 2.75) is 6.54 Å². The molecule has 0 aliphatic rings. The van der Waals surface area contributed by atoms with Gasteiger partial charge in [-0.15, -0.1) is 0 Å². The zero-order valence-corrected chi connectivity index (χ0v) is 7.91. The largest absolute Gasteiger partial charge is 0.439 e. The fourth-order valence-electron chi connectivity index (χ4n) is 1.24. The standard InChI is InChI=1S/C9H7ClN2O2/c10-9(13)5-2-1-3-6-8(5)12-7(4-11)14-6/h1-3H,4,11H2. The van der Waals surface area contributed by atoms with Crippen LogP contribution in [0.25, 0.3) is 11.1 Å². The number of oxazole rings is 1. The molecule has 0 aliphatic carbocycles. The molecule has 2 rings (SSSR count). The number of hydrogen-bond donors (Lipinski definition) is 1. The molecule has 1 aromatic carbocycles. The number of nitrogens with zero attached hydrogens (tertiary/aromatic N) is 1. The Kier molecular flexibility index (Phi) is 2.23. The van der Waals surface area contributed by atoms with Gasteiger partial charge < -0.3 is 10.2 Å². The lowest BCUT2D eigenvalue weighted by molar-refractivity contribution is 0.108. The molecule has 5 heteroatoms. The van der Waals surface area contributed by atoms with E-state index in [2.05, 4.69) is 4.98 Å². The lowest BCUT2D eigenvalue weighted by Crippen LogP contribution is -1.96. The van der Waals surface area contributed by atoms with Crippen molar-refractivity contribution in [3.8, 4) is 0 Å². The summed E-state index contributed by atoms with van der Waals surface area (Å²) in [6, 6.07) is 4.99. The molecule has 1 heterocycles. The third-order valence-corrected chi connectivity index (χ3v) is 2.05. The quantitative estimate of drug-likeness (QED) is 0.766. The van der Waals surface area contributed by atoms with E-state index in [1.807, 2.05) is 0 Å². The van der Waals surface area contributed by atoms with Crippen LogP contribution >= 0.6 is 11.6 Å². The minimum Gasteiger partial charge on any atom is -0.439 e. The van der Waals surface area contributed by atoms with Crippen LogP contribution in [0.4, 0.5) is 0 Å². The van der Waals surface area contributed by atoms with Gasteiger partial charge in [-0.25, -0.2) is 4.98 Å². The molecule has 0 radical (unpaired) electrons. The van der Waals surface area contributed by atoms with Crippen molar-refractivity contribution < 1.29 is 9.21 Å². The van der Waals surface area contributed by atoms with Gasteiger partial charge in [-0.3, -0.25) is 4.79 Å². The van der Waals surface area contributed by atoms with Gasteiger partial charge in [0.25, 0.3) is 5.24 Å². The van der Waals surface area contributed by atoms with Crippen LogP contribution in [0.15, 0.2) is 22.6 Å². The first kappa shape index (κ1) is 9.18. The zero-order valence-electron chi connectivity index (χ0n) is 7.16. The summed E-state index contributed by atoms with van der Waals surface area (Å²) >= 11 is 5.38. The van der Waals surface area contributed by atoms with Crippen molar-refractivity contribution in [3.63, 3.8) is 0 Å². The second-order valence-electron chi connectivity index (χ2n) is 2.74. The first-order valence-corrected chi connectivity index (χ1v) is 4.38. The number of rotatable bonds is 2. The third kappa shape index (κ3) is 1.38. The fourth-order valence-corrected chi connectivity index (χ4v) is 1.39. The van der Waals surface area contributed by atoms with Crippen LogP contribution in [0.1, 0.15) is 16.2 Å². The summed E-state index contributed by atoms with van der Waals surface area (Å²) in [5.41, 5.74) is 6.70. The minimum atomic E-state index is -0.549. The maximum Gasteiger partial charge on any atom is 0.254 e. The number of aromatic nitrogens is 1. The van der Waals surface area contributed by atoms with E-state index in [4.69, 9.17) is 21.8 Å². The number of carbonyl (C=O) groups is 1. The number of nitrogens with two attached hydrogens (primary N) is 1. The molecule has 0 unspecified atom stereocenters. The van der Waals surface area contributed by atoms with Crippen LogP contribution in [-0.2, 0) is 6.54 Å². The van der Waals surface area contributed by atoms with E-state index < -0.39 is 5.24 Å². The van der Waals surface area contributed by atoms with E-state index >= 15 is 0 Å². The van der Waals surface area contributed by atoms with E-state index in [9.17, 15) is 4.79 Å². The molecule has 1 aromatic heterocycles. The van der Waals surface area contributed by atoms with Crippen molar-refractivity contribution in [2.24, 2.45) is 5.73 Å². The molecule has 72 valence electrons. The molecule has 0 aliphatic heterocycles. The highest BCUT2D eigenvalue weighted by Gasteiger charge is 2.12. The fraction of sp³-hybridized carbons (Fsp3) is 0.111. The summed E-state index contributed by atoms with van der Waals surface area (Å²) in [6.45, 7) is 0.199. The smallest absolute Gasteiger partial charge is 0.254 e. The van der Waals surface area contributed by atoms with Crippen LogP contribution in [0.5, 0.6) is 0 Å². The maximum atomic E-state index is 11.0. The molecule has 0 saturated carbocycles. The normalized spacial score (nSPS) is 10.7.